The van der Waals surface area contributed by atoms with Gasteiger partial charge in [-0.3, -0.25) is 0 Å². The topological polar surface area (TPSA) is 35.5 Å². The van der Waals surface area contributed by atoms with Gasteiger partial charge in [-0.05, 0) is 39.8 Å². The Kier molecular flexibility index (Phi) is 5.29. The van der Waals surface area contributed by atoms with Crippen molar-refractivity contribution in [3.05, 3.63) is 27.7 Å². The van der Waals surface area contributed by atoms with Crippen molar-refractivity contribution in [1.29, 1.82) is 0 Å². The summed E-state index contributed by atoms with van der Waals surface area (Å²) in [6.45, 7) is 7.29. The summed E-state index contributed by atoms with van der Waals surface area (Å²) in [5.41, 5.74) is 0.315. The van der Waals surface area contributed by atoms with Crippen molar-refractivity contribution in [3.8, 4) is 5.75 Å². The van der Waals surface area contributed by atoms with Gasteiger partial charge >= 0.3 is 5.97 Å². The summed E-state index contributed by atoms with van der Waals surface area (Å²) in [7, 11) is 0. The molecule has 0 unspecified atom stereocenters. The van der Waals surface area contributed by atoms with Gasteiger partial charge in [-0.25, -0.2) is 4.79 Å². The first-order valence-electron chi connectivity index (χ1n) is 5.68. The summed E-state index contributed by atoms with van der Waals surface area (Å²) >= 11 is 12.1. The van der Waals surface area contributed by atoms with Crippen LogP contribution in [0.15, 0.2) is 12.1 Å². The molecule has 0 spiro atoms. The summed E-state index contributed by atoms with van der Waals surface area (Å²) < 4.78 is 10.5. The van der Waals surface area contributed by atoms with Crippen LogP contribution >= 0.6 is 23.2 Å². The Bertz CT molecular complexity index is 419. The smallest absolute Gasteiger partial charge is 0.338 e. The predicted octanol–water partition coefficient (Wildman–Crippen LogP) is 4.35. The van der Waals surface area contributed by atoms with Gasteiger partial charge in [-0.2, -0.15) is 0 Å². The molecule has 0 aliphatic carbocycles. The van der Waals surface area contributed by atoms with Crippen LogP contribution in [-0.2, 0) is 4.74 Å². The van der Waals surface area contributed by atoms with E-state index in [-0.39, 0.29) is 12.2 Å². The summed E-state index contributed by atoms with van der Waals surface area (Å²) in [5.74, 6) is -0.0701. The van der Waals surface area contributed by atoms with E-state index in [2.05, 4.69) is 0 Å². The molecule has 0 aromatic heterocycles. The highest BCUT2D eigenvalue weighted by Gasteiger charge is 2.16. The van der Waals surface area contributed by atoms with Gasteiger partial charge in [0.25, 0.3) is 0 Å². The zero-order chi connectivity index (χ0) is 13.9. The lowest BCUT2D eigenvalue weighted by atomic mass is 10.2. The zero-order valence-corrected chi connectivity index (χ0v) is 12.3. The molecule has 0 aliphatic heterocycles. The van der Waals surface area contributed by atoms with E-state index in [4.69, 9.17) is 32.7 Å². The van der Waals surface area contributed by atoms with E-state index in [9.17, 15) is 4.79 Å². The number of benzene rings is 1. The van der Waals surface area contributed by atoms with E-state index in [1.165, 1.54) is 12.1 Å². The summed E-state index contributed by atoms with van der Waals surface area (Å²) in [5, 5.41) is 0.596. The Balaban J connectivity index is 3.02. The lowest BCUT2D eigenvalue weighted by Gasteiger charge is -2.14. The van der Waals surface area contributed by atoms with Gasteiger partial charge in [-0.15, -0.1) is 0 Å². The lowest BCUT2D eigenvalue weighted by Crippen LogP contribution is -2.12. The van der Waals surface area contributed by atoms with Gasteiger partial charge in [0.1, 0.15) is 0 Å². The number of carbonyl (C=O) groups excluding carboxylic acids is 1. The Morgan fingerprint density at radius 2 is 1.56 bits per heavy atom. The van der Waals surface area contributed by atoms with Crippen molar-refractivity contribution in [3.63, 3.8) is 0 Å². The molecule has 0 radical (unpaired) electrons. The van der Waals surface area contributed by atoms with Crippen molar-refractivity contribution in [2.24, 2.45) is 0 Å². The largest absolute Gasteiger partial charge is 0.488 e. The van der Waals surface area contributed by atoms with Crippen molar-refractivity contribution in [1.82, 2.24) is 0 Å². The molecule has 0 N–H and O–H groups in total. The van der Waals surface area contributed by atoms with Crippen LogP contribution in [0, 0.1) is 0 Å². The number of esters is 1. The molecule has 0 atom stereocenters. The highest BCUT2D eigenvalue weighted by atomic mass is 35.5. The maximum absolute atomic E-state index is 11.7. The van der Waals surface area contributed by atoms with Crippen LogP contribution < -0.4 is 4.74 Å². The van der Waals surface area contributed by atoms with Gasteiger partial charge < -0.3 is 9.47 Å². The molecule has 0 bridgehead atoms. The fourth-order valence-electron chi connectivity index (χ4n) is 1.31. The molecule has 18 heavy (non-hydrogen) atoms. The fourth-order valence-corrected chi connectivity index (χ4v) is 1.88. The standard InChI is InChI=1S/C13H16Cl2O3/c1-7(2)17-12-10(14)5-9(6-11(12)15)13(16)18-8(3)4/h5-8H,1-4H3. The van der Waals surface area contributed by atoms with Gasteiger partial charge in [0.05, 0.1) is 27.8 Å². The zero-order valence-electron chi connectivity index (χ0n) is 10.8. The molecule has 0 fully saturated rings. The predicted molar refractivity (Wildman–Crippen MR) is 72.8 cm³/mol. The number of rotatable bonds is 4. The second-order valence-electron chi connectivity index (χ2n) is 4.39. The van der Waals surface area contributed by atoms with E-state index in [0.717, 1.165) is 0 Å². The van der Waals surface area contributed by atoms with Gasteiger partial charge in [0.15, 0.2) is 5.75 Å². The maximum Gasteiger partial charge on any atom is 0.338 e. The van der Waals surface area contributed by atoms with Crippen LogP contribution in [0.25, 0.3) is 0 Å². The van der Waals surface area contributed by atoms with E-state index < -0.39 is 5.97 Å². The Hall–Kier alpha value is -0.930. The lowest BCUT2D eigenvalue weighted by molar-refractivity contribution is 0.0378. The average molecular weight is 291 g/mol. The maximum atomic E-state index is 11.7. The number of ether oxygens (including phenoxy) is 2. The van der Waals surface area contributed by atoms with E-state index in [0.29, 0.717) is 21.4 Å². The summed E-state index contributed by atoms with van der Waals surface area (Å²) in [6.07, 6.45) is -0.241. The first kappa shape index (κ1) is 15.1. The number of hydrogen-bond acceptors (Lipinski definition) is 3. The van der Waals surface area contributed by atoms with Crippen LogP contribution in [0.4, 0.5) is 0 Å². The molecule has 0 heterocycles. The summed E-state index contributed by atoms with van der Waals surface area (Å²) in [4.78, 5) is 11.7. The quantitative estimate of drug-likeness (QED) is 0.774. The molecule has 1 rings (SSSR count). The third-order valence-corrected chi connectivity index (χ3v) is 2.49. The molecule has 100 valence electrons. The third kappa shape index (κ3) is 4.07. The molecule has 5 heteroatoms. The van der Waals surface area contributed by atoms with E-state index in [1.807, 2.05) is 13.8 Å². The van der Waals surface area contributed by atoms with Crippen LogP contribution in [-0.4, -0.2) is 18.2 Å². The van der Waals surface area contributed by atoms with Crippen LogP contribution in [0.1, 0.15) is 38.1 Å². The summed E-state index contributed by atoms with van der Waals surface area (Å²) in [6, 6.07) is 2.99. The molecule has 1 aromatic rings. The highest BCUT2D eigenvalue weighted by molar-refractivity contribution is 6.37. The number of carbonyl (C=O) groups is 1. The van der Waals surface area contributed by atoms with Crippen molar-refractivity contribution in [2.45, 2.75) is 39.9 Å². The van der Waals surface area contributed by atoms with Gasteiger partial charge in [0.2, 0.25) is 0 Å². The number of hydrogen-bond donors (Lipinski definition) is 0. The molecule has 0 saturated heterocycles. The second-order valence-corrected chi connectivity index (χ2v) is 5.20. The SMILES string of the molecule is CC(C)OC(=O)c1cc(Cl)c(OC(C)C)c(Cl)c1. The van der Waals surface area contributed by atoms with Crippen LogP contribution in [0.2, 0.25) is 10.0 Å². The second kappa shape index (κ2) is 6.30. The Labute approximate surface area is 117 Å². The first-order valence-corrected chi connectivity index (χ1v) is 6.43. The molecule has 0 aliphatic rings. The van der Waals surface area contributed by atoms with Crippen LogP contribution in [0.3, 0.4) is 0 Å². The monoisotopic (exact) mass is 290 g/mol. The van der Waals surface area contributed by atoms with Crippen molar-refractivity contribution in [2.75, 3.05) is 0 Å². The Morgan fingerprint density at radius 1 is 1.06 bits per heavy atom. The first-order chi connectivity index (χ1) is 8.31. The van der Waals surface area contributed by atoms with Crippen LogP contribution in [0.5, 0.6) is 5.75 Å². The van der Waals surface area contributed by atoms with Crippen molar-refractivity contribution >= 4 is 29.2 Å². The van der Waals surface area contributed by atoms with E-state index >= 15 is 0 Å². The fraction of sp³-hybridized carbons (Fsp3) is 0.462. The molecule has 3 nitrogen and oxygen atoms in total. The van der Waals surface area contributed by atoms with Gasteiger partial charge in [0, 0.05) is 0 Å². The minimum atomic E-state index is -0.454. The molecular formula is C13H16Cl2O3. The molecule has 1 aromatic carbocycles. The van der Waals surface area contributed by atoms with E-state index in [1.54, 1.807) is 13.8 Å². The minimum Gasteiger partial charge on any atom is -0.488 e. The minimum absolute atomic E-state index is 0.0477. The van der Waals surface area contributed by atoms with Gasteiger partial charge in [-0.1, -0.05) is 23.2 Å². The molecule has 0 amide bonds. The average Bonchev–Trinajstić information content (AvgIpc) is 2.21. The molecular weight excluding hydrogens is 275 g/mol. The highest BCUT2D eigenvalue weighted by Crippen LogP contribution is 2.35. The number of halogens is 2. The normalized spacial score (nSPS) is 10.9. The molecule has 0 saturated carbocycles. The third-order valence-electron chi connectivity index (χ3n) is 1.93. The van der Waals surface area contributed by atoms with Crippen molar-refractivity contribution < 1.29 is 14.3 Å². The Morgan fingerprint density at radius 3 is 1.94 bits per heavy atom.